The van der Waals surface area contributed by atoms with E-state index in [1.807, 2.05) is 5.32 Å². The molecular formula is C4H6N2O2S2. The highest BCUT2D eigenvalue weighted by Crippen LogP contribution is 1.76. The summed E-state index contributed by atoms with van der Waals surface area (Å²) in [7, 11) is 1.57. The normalized spacial score (nSPS) is 8.10. The van der Waals surface area contributed by atoms with Gasteiger partial charge in [0.1, 0.15) is 9.98 Å². The van der Waals surface area contributed by atoms with Gasteiger partial charge in [-0.3, -0.25) is 5.32 Å². The third-order valence-corrected chi connectivity index (χ3v) is 1.50. The van der Waals surface area contributed by atoms with Crippen molar-refractivity contribution in [3.63, 3.8) is 0 Å². The van der Waals surface area contributed by atoms with Gasteiger partial charge in [0.15, 0.2) is 0 Å². The average Bonchev–Trinajstić information content (AvgIpc) is 1.85. The predicted octanol–water partition coefficient (Wildman–Crippen LogP) is 0.128. The molecule has 0 aromatic rings. The highest BCUT2D eigenvalue weighted by molar-refractivity contribution is 7.89. The van der Waals surface area contributed by atoms with Gasteiger partial charge in [-0.05, 0) is 0 Å². The van der Waals surface area contributed by atoms with Gasteiger partial charge in [-0.25, -0.2) is 4.79 Å². The summed E-state index contributed by atoms with van der Waals surface area (Å²) in [5.74, 6) is 0. The fourth-order valence-corrected chi connectivity index (χ4v) is 0.508. The van der Waals surface area contributed by atoms with E-state index in [1.54, 1.807) is 7.05 Å². The molecule has 0 aromatic carbocycles. The van der Waals surface area contributed by atoms with Crippen molar-refractivity contribution in [2.75, 3.05) is 7.05 Å². The number of carboxylic acid groups (broad SMARTS) is 1. The lowest BCUT2D eigenvalue weighted by Gasteiger charge is -2.02. The van der Waals surface area contributed by atoms with E-state index in [9.17, 15) is 4.79 Å². The summed E-state index contributed by atoms with van der Waals surface area (Å²) in [6.45, 7) is 0. The van der Waals surface area contributed by atoms with Crippen molar-refractivity contribution in [3.05, 3.63) is 0 Å². The zero-order valence-corrected chi connectivity index (χ0v) is 6.80. The van der Waals surface area contributed by atoms with Crippen molar-refractivity contribution >= 4 is 40.5 Å². The van der Waals surface area contributed by atoms with Gasteiger partial charge in [0.25, 0.3) is 0 Å². The Kier molecular flexibility index (Phi) is 3.82. The molecule has 0 fully saturated rings. The van der Waals surface area contributed by atoms with Crippen LogP contribution in [-0.2, 0) is 0 Å². The summed E-state index contributed by atoms with van der Waals surface area (Å²) in [4.78, 5) is 10.2. The van der Waals surface area contributed by atoms with E-state index in [-0.39, 0.29) is 9.98 Å². The summed E-state index contributed by atoms with van der Waals surface area (Å²) in [5.41, 5.74) is 0. The summed E-state index contributed by atoms with van der Waals surface area (Å²) in [6, 6.07) is 0. The molecule has 0 saturated heterocycles. The van der Waals surface area contributed by atoms with Gasteiger partial charge in [0.05, 0.1) is 0 Å². The number of hydrogen-bond donors (Lipinski definition) is 3. The van der Waals surface area contributed by atoms with Crippen molar-refractivity contribution in [1.29, 1.82) is 0 Å². The van der Waals surface area contributed by atoms with Crippen LogP contribution in [0.5, 0.6) is 0 Å². The maximum Gasteiger partial charge on any atom is 0.409 e. The van der Waals surface area contributed by atoms with Gasteiger partial charge < -0.3 is 10.4 Å². The Hall–Kier alpha value is -0.750. The van der Waals surface area contributed by atoms with Crippen molar-refractivity contribution in [2.24, 2.45) is 0 Å². The summed E-state index contributed by atoms with van der Waals surface area (Å²) in [6.07, 6.45) is -1.21. The fourth-order valence-electron chi connectivity index (χ4n) is 0.267. The van der Waals surface area contributed by atoms with Gasteiger partial charge in [-0.15, -0.1) is 0 Å². The molecule has 0 aliphatic carbocycles. The molecule has 0 unspecified atom stereocenters. The van der Waals surface area contributed by atoms with Gasteiger partial charge in [-0.2, -0.15) is 0 Å². The molecule has 0 rings (SSSR count). The van der Waals surface area contributed by atoms with Crippen molar-refractivity contribution in [3.8, 4) is 0 Å². The number of amides is 1. The Morgan fingerprint density at radius 1 is 1.40 bits per heavy atom. The highest BCUT2D eigenvalue weighted by atomic mass is 32.1. The minimum absolute atomic E-state index is 0.0185. The topological polar surface area (TPSA) is 61.4 Å². The lowest BCUT2D eigenvalue weighted by Crippen LogP contribution is -2.38. The quantitative estimate of drug-likeness (QED) is 0.460. The van der Waals surface area contributed by atoms with E-state index in [0.29, 0.717) is 0 Å². The van der Waals surface area contributed by atoms with Crippen LogP contribution in [0.3, 0.4) is 0 Å². The molecule has 56 valence electrons. The molecule has 0 saturated carbocycles. The maximum absolute atomic E-state index is 9.94. The molecule has 0 heterocycles. The van der Waals surface area contributed by atoms with Crippen molar-refractivity contribution in [2.45, 2.75) is 0 Å². The molecule has 0 radical (unpaired) electrons. The van der Waals surface area contributed by atoms with Crippen LogP contribution in [0.4, 0.5) is 4.79 Å². The first-order chi connectivity index (χ1) is 4.57. The van der Waals surface area contributed by atoms with Crippen molar-refractivity contribution in [1.82, 2.24) is 10.6 Å². The zero-order chi connectivity index (χ0) is 8.15. The van der Waals surface area contributed by atoms with Crippen LogP contribution in [-0.4, -0.2) is 28.2 Å². The molecule has 0 aromatic heterocycles. The molecule has 0 bridgehead atoms. The molecule has 0 spiro atoms. The zero-order valence-electron chi connectivity index (χ0n) is 5.17. The molecule has 0 aliphatic rings. The Morgan fingerprint density at radius 3 is 2.20 bits per heavy atom. The minimum atomic E-state index is -1.21. The lowest BCUT2D eigenvalue weighted by atomic mass is 10.6. The van der Waals surface area contributed by atoms with Crippen LogP contribution in [0.15, 0.2) is 0 Å². The Morgan fingerprint density at radius 2 is 1.90 bits per heavy atom. The largest absolute Gasteiger partial charge is 0.465 e. The van der Waals surface area contributed by atoms with Crippen LogP contribution < -0.4 is 10.6 Å². The van der Waals surface area contributed by atoms with Crippen LogP contribution in [0.2, 0.25) is 0 Å². The van der Waals surface area contributed by atoms with E-state index >= 15 is 0 Å². The Labute approximate surface area is 68.6 Å². The average molecular weight is 178 g/mol. The van der Waals surface area contributed by atoms with E-state index in [4.69, 9.17) is 5.11 Å². The van der Waals surface area contributed by atoms with Gasteiger partial charge in [0, 0.05) is 7.05 Å². The highest BCUT2D eigenvalue weighted by Gasteiger charge is 2.03. The van der Waals surface area contributed by atoms with Crippen LogP contribution >= 0.6 is 24.4 Å². The van der Waals surface area contributed by atoms with Crippen LogP contribution in [0.1, 0.15) is 0 Å². The number of nitrogens with one attached hydrogen (secondary N) is 2. The standard InChI is InChI=1S/C4H6N2O2S2/c1-5-2(9)3(10)6-4(7)8/h1H3,(H,5,9)(H,6,10)(H,7,8). The number of carbonyl (C=O) groups is 1. The van der Waals surface area contributed by atoms with E-state index in [2.05, 4.69) is 29.8 Å². The van der Waals surface area contributed by atoms with Gasteiger partial charge in [-0.1, -0.05) is 24.4 Å². The fraction of sp³-hybridized carbons (Fsp3) is 0.250. The smallest absolute Gasteiger partial charge is 0.409 e. The molecule has 3 N–H and O–H groups in total. The second kappa shape index (κ2) is 4.13. The van der Waals surface area contributed by atoms with Crippen LogP contribution in [0, 0.1) is 0 Å². The Bertz CT molecular complexity index is 180. The molecule has 10 heavy (non-hydrogen) atoms. The number of thiocarbonyl (C=S) groups is 2. The molecular weight excluding hydrogens is 172 g/mol. The first-order valence-electron chi connectivity index (χ1n) is 2.34. The van der Waals surface area contributed by atoms with Gasteiger partial charge >= 0.3 is 6.09 Å². The molecule has 1 amide bonds. The molecule has 0 aliphatic heterocycles. The minimum Gasteiger partial charge on any atom is -0.465 e. The second-order valence-corrected chi connectivity index (χ2v) is 2.15. The third-order valence-electron chi connectivity index (χ3n) is 0.654. The summed E-state index contributed by atoms with van der Waals surface area (Å²) >= 11 is 9.17. The van der Waals surface area contributed by atoms with E-state index in [0.717, 1.165) is 0 Å². The van der Waals surface area contributed by atoms with Crippen molar-refractivity contribution < 1.29 is 9.90 Å². The maximum atomic E-state index is 9.94. The Balaban J connectivity index is 3.86. The monoisotopic (exact) mass is 178 g/mol. The van der Waals surface area contributed by atoms with Crippen LogP contribution in [0.25, 0.3) is 0 Å². The number of likely N-dealkylation sites (N-methyl/N-ethyl adjacent to an activating group) is 1. The first-order valence-corrected chi connectivity index (χ1v) is 3.15. The predicted molar refractivity (Wildman–Crippen MR) is 45.4 cm³/mol. The van der Waals surface area contributed by atoms with E-state index < -0.39 is 6.09 Å². The molecule has 4 nitrogen and oxygen atoms in total. The lowest BCUT2D eigenvalue weighted by molar-refractivity contribution is 0.200. The second-order valence-electron chi connectivity index (χ2n) is 1.34. The molecule has 0 atom stereocenters. The molecule has 6 heteroatoms. The van der Waals surface area contributed by atoms with E-state index in [1.165, 1.54) is 0 Å². The third kappa shape index (κ3) is 3.31. The van der Waals surface area contributed by atoms with Gasteiger partial charge in [0.2, 0.25) is 0 Å². The SMILES string of the molecule is CNC(=S)C(=S)NC(=O)O. The summed E-state index contributed by atoms with van der Waals surface area (Å²) < 4.78 is 0. The summed E-state index contributed by atoms with van der Waals surface area (Å²) in [5, 5.41) is 12.6. The number of rotatable bonds is 0. The first kappa shape index (κ1) is 9.25. The number of hydrogen-bond acceptors (Lipinski definition) is 3.